The Morgan fingerprint density at radius 1 is 1.44 bits per heavy atom. The Kier molecular flexibility index (Phi) is 4.01. The van der Waals surface area contributed by atoms with Gasteiger partial charge in [0.1, 0.15) is 5.82 Å². The highest BCUT2D eigenvalue weighted by Crippen LogP contribution is 2.21. The smallest absolute Gasteiger partial charge is 0.224 e. The van der Waals surface area contributed by atoms with Crippen molar-refractivity contribution < 1.29 is 0 Å². The first-order valence-corrected chi connectivity index (χ1v) is 6.64. The van der Waals surface area contributed by atoms with E-state index in [-0.39, 0.29) is 0 Å². The standard InChI is InChI=1S/C13H23N5/c1-5-14-13-15-8-10(2)12(16-13)18-7-6-17(4)11(3)9-18/h8,11H,5-7,9H2,1-4H3,(H,14,15,16). The van der Waals surface area contributed by atoms with E-state index in [9.17, 15) is 0 Å². The minimum Gasteiger partial charge on any atom is -0.354 e. The molecule has 0 bridgehead atoms. The van der Waals surface area contributed by atoms with Gasteiger partial charge in [-0.3, -0.25) is 0 Å². The quantitative estimate of drug-likeness (QED) is 0.876. The predicted octanol–water partition coefficient (Wildman–Crippen LogP) is 1.36. The molecule has 0 spiro atoms. The van der Waals surface area contributed by atoms with Gasteiger partial charge in [0.15, 0.2) is 0 Å². The monoisotopic (exact) mass is 249 g/mol. The first-order chi connectivity index (χ1) is 8.61. The van der Waals surface area contributed by atoms with Crippen LogP contribution in [0.2, 0.25) is 0 Å². The Hall–Kier alpha value is -1.36. The highest BCUT2D eigenvalue weighted by molar-refractivity contribution is 5.49. The van der Waals surface area contributed by atoms with E-state index in [1.807, 2.05) is 6.20 Å². The molecule has 1 unspecified atom stereocenters. The van der Waals surface area contributed by atoms with Crippen LogP contribution in [-0.2, 0) is 0 Å². The Morgan fingerprint density at radius 2 is 2.22 bits per heavy atom. The van der Waals surface area contributed by atoms with Gasteiger partial charge >= 0.3 is 0 Å². The maximum Gasteiger partial charge on any atom is 0.224 e. The van der Waals surface area contributed by atoms with Crippen molar-refractivity contribution >= 4 is 11.8 Å². The Morgan fingerprint density at radius 3 is 2.89 bits per heavy atom. The third-order valence-electron chi connectivity index (χ3n) is 3.54. The number of likely N-dealkylation sites (N-methyl/N-ethyl adjacent to an activating group) is 1. The fourth-order valence-electron chi connectivity index (χ4n) is 2.24. The molecule has 0 aliphatic carbocycles. The first kappa shape index (κ1) is 13.1. The molecule has 100 valence electrons. The minimum absolute atomic E-state index is 0.565. The molecule has 18 heavy (non-hydrogen) atoms. The van der Waals surface area contributed by atoms with Crippen molar-refractivity contribution in [1.29, 1.82) is 0 Å². The first-order valence-electron chi connectivity index (χ1n) is 6.64. The number of aryl methyl sites for hydroxylation is 1. The fourth-order valence-corrected chi connectivity index (χ4v) is 2.24. The van der Waals surface area contributed by atoms with Gasteiger partial charge in [-0.05, 0) is 27.8 Å². The Bertz CT molecular complexity index is 406. The van der Waals surface area contributed by atoms with Crippen molar-refractivity contribution in [3.63, 3.8) is 0 Å². The van der Waals surface area contributed by atoms with Gasteiger partial charge in [-0.1, -0.05) is 0 Å². The second-order valence-corrected chi connectivity index (χ2v) is 5.01. The molecular weight excluding hydrogens is 226 g/mol. The van der Waals surface area contributed by atoms with Crippen molar-refractivity contribution in [1.82, 2.24) is 14.9 Å². The van der Waals surface area contributed by atoms with Gasteiger partial charge in [-0.15, -0.1) is 0 Å². The molecule has 5 heteroatoms. The summed E-state index contributed by atoms with van der Waals surface area (Å²) in [5.41, 5.74) is 1.15. The largest absolute Gasteiger partial charge is 0.354 e. The maximum atomic E-state index is 4.63. The Balaban J connectivity index is 2.19. The van der Waals surface area contributed by atoms with Crippen molar-refractivity contribution in [3.8, 4) is 0 Å². The molecule has 0 aromatic carbocycles. The lowest BCUT2D eigenvalue weighted by Gasteiger charge is -2.38. The summed E-state index contributed by atoms with van der Waals surface area (Å²) < 4.78 is 0. The summed E-state index contributed by atoms with van der Waals surface area (Å²) >= 11 is 0. The predicted molar refractivity (Wildman–Crippen MR) is 75.2 cm³/mol. The lowest BCUT2D eigenvalue weighted by atomic mass is 10.2. The summed E-state index contributed by atoms with van der Waals surface area (Å²) in [6, 6.07) is 0.565. The molecule has 0 radical (unpaired) electrons. The summed E-state index contributed by atoms with van der Waals surface area (Å²) in [4.78, 5) is 13.7. The average molecular weight is 249 g/mol. The van der Waals surface area contributed by atoms with Crippen LogP contribution < -0.4 is 10.2 Å². The lowest BCUT2D eigenvalue weighted by molar-refractivity contribution is 0.233. The third kappa shape index (κ3) is 2.72. The van der Waals surface area contributed by atoms with Crippen molar-refractivity contribution in [2.45, 2.75) is 26.8 Å². The van der Waals surface area contributed by atoms with Crippen LogP contribution in [0.25, 0.3) is 0 Å². The number of nitrogens with one attached hydrogen (secondary N) is 1. The Labute approximate surface area is 109 Å². The van der Waals surface area contributed by atoms with E-state index in [0.29, 0.717) is 6.04 Å². The topological polar surface area (TPSA) is 44.3 Å². The van der Waals surface area contributed by atoms with Crippen LogP contribution in [0.1, 0.15) is 19.4 Å². The molecule has 1 aromatic heterocycles. The number of anilines is 2. The zero-order valence-corrected chi connectivity index (χ0v) is 11.8. The normalized spacial score (nSPS) is 21.1. The molecule has 1 N–H and O–H groups in total. The molecule has 1 aliphatic rings. The molecular formula is C13H23N5. The highest BCUT2D eigenvalue weighted by atomic mass is 15.3. The van der Waals surface area contributed by atoms with E-state index in [2.05, 4.69) is 52.9 Å². The number of rotatable bonds is 3. The van der Waals surface area contributed by atoms with Crippen LogP contribution in [0.15, 0.2) is 6.20 Å². The number of hydrogen-bond acceptors (Lipinski definition) is 5. The van der Waals surface area contributed by atoms with Gasteiger partial charge in [0.05, 0.1) is 0 Å². The van der Waals surface area contributed by atoms with Crippen LogP contribution in [-0.4, -0.2) is 54.1 Å². The fraction of sp³-hybridized carbons (Fsp3) is 0.692. The third-order valence-corrected chi connectivity index (χ3v) is 3.54. The molecule has 2 rings (SSSR count). The number of nitrogens with zero attached hydrogens (tertiary/aromatic N) is 4. The van der Waals surface area contributed by atoms with Crippen LogP contribution in [0, 0.1) is 6.92 Å². The molecule has 1 aromatic rings. The molecule has 1 aliphatic heterocycles. The van der Waals surface area contributed by atoms with E-state index >= 15 is 0 Å². The highest BCUT2D eigenvalue weighted by Gasteiger charge is 2.22. The SMILES string of the molecule is CCNc1ncc(C)c(N2CCN(C)C(C)C2)n1. The summed E-state index contributed by atoms with van der Waals surface area (Å²) in [7, 11) is 2.18. The van der Waals surface area contributed by atoms with E-state index in [0.717, 1.165) is 43.5 Å². The zero-order chi connectivity index (χ0) is 13.1. The van der Waals surface area contributed by atoms with Crippen LogP contribution in [0.3, 0.4) is 0 Å². The summed E-state index contributed by atoms with van der Waals surface area (Å²) in [5.74, 6) is 1.80. The molecule has 0 amide bonds. The number of piperazine rings is 1. The summed E-state index contributed by atoms with van der Waals surface area (Å²) in [6.45, 7) is 10.4. The molecule has 5 nitrogen and oxygen atoms in total. The summed E-state index contributed by atoms with van der Waals surface area (Å²) in [6.07, 6.45) is 1.91. The molecule has 2 heterocycles. The van der Waals surface area contributed by atoms with Crippen LogP contribution >= 0.6 is 0 Å². The van der Waals surface area contributed by atoms with Gasteiger partial charge < -0.3 is 15.1 Å². The molecule has 1 atom stereocenters. The lowest BCUT2D eigenvalue weighted by Crippen LogP contribution is -2.50. The van der Waals surface area contributed by atoms with Gasteiger partial charge in [0.2, 0.25) is 5.95 Å². The minimum atomic E-state index is 0.565. The maximum absolute atomic E-state index is 4.63. The number of aromatic nitrogens is 2. The van der Waals surface area contributed by atoms with Crippen molar-refractivity contribution in [3.05, 3.63) is 11.8 Å². The second-order valence-electron chi connectivity index (χ2n) is 5.01. The van der Waals surface area contributed by atoms with Gasteiger partial charge in [-0.2, -0.15) is 4.98 Å². The van der Waals surface area contributed by atoms with E-state index in [1.54, 1.807) is 0 Å². The molecule has 0 saturated carbocycles. The molecule has 1 fully saturated rings. The van der Waals surface area contributed by atoms with E-state index in [4.69, 9.17) is 0 Å². The van der Waals surface area contributed by atoms with Crippen LogP contribution in [0.5, 0.6) is 0 Å². The van der Waals surface area contributed by atoms with Crippen molar-refractivity contribution in [2.75, 3.05) is 43.4 Å². The van der Waals surface area contributed by atoms with Gasteiger partial charge in [-0.25, -0.2) is 4.98 Å². The average Bonchev–Trinajstić information content (AvgIpc) is 2.35. The zero-order valence-electron chi connectivity index (χ0n) is 11.8. The van der Waals surface area contributed by atoms with E-state index in [1.165, 1.54) is 0 Å². The van der Waals surface area contributed by atoms with Gasteiger partial charge in [0, 0.05) is 44.0 Å². The molecule has 1 saturated heterocycles. The van der Waals surface area contributed by atoms with Crippen LogP contribution in [0.4, 0.5) is 11.8 Å². The van der Waals surface area contributed by atoms with Crippen molar-refractivity contribution in [2.24, 2.45) is 0 Å². The van der Waals surface area contributed by atoms with Gasteiger partial charge in [0.25, 0.3) is 0 Å². The van der Waals surface area contributed by atoms with E-state index < -0.39 is 0 Å². The number of hydrogen-bond donors (Lipinski definition) is 1. The second kappa shape index (κ2) is 5.52. The summed E-state index contributed by atoms with van der Waals surface area (Å²) in [5, 5.41) is 3.17.